The third-order valence-corrected chi connectivity index (χ3v) is 7.35. The highest BCUT2D eigenvalue weighted by Gasteiger charge is 2.58. The fraction of sp³-hybridized carbons (Fsp3) is 0.478. The lowest BCUT2D eigenvalue weighted by Crippen LogP contribution is -2.56. The molecule has 3 rings (SSSR count). The van der Waals surface area contributed by atoms with Crippen LogP contribution in [-0.4, -0.2) is 65.7 Å². The molecule has 1 fully saturated rings. The van der Waals surface area contributed by atoms with Crippen LogP contribution >= 0.6 is 0 Å². The predicted molar refractivity (Wildman–Crippen MR) is 120 cm³/mol. The van der Waals surface area contributed by atoms with Crippen LogP contribution in [-0.2, 0) is 16.4 Å². The van der Waals surface area contributed by atoms with E-state index in [0.717, 1.165) is 17.0 Å². The number of alkyl halides is 2. The molecular formula is C23H27F5N2O4S. The molecule has 35 heavy (non-hydrogen) atoms. The Hall–Kier alpha value is -2.12. The number of sulfonamides is 1. The van der Waals surface area contributed by atoms with E-state index in [0.29, 0.717) is 6.07 Å². The Labute approximate surface area is 200 Å². The highest BCUT2D eigenvalue weighted by atomic mass is 32.2. The maximum Gasteiger partial charge on any atom is 0.278 e. The van der Waals surface area contributed by atoms with Gasteiger partial charge < -0.3 is 10.2 Å². The molecule has 0 saturated carbocycles. The van der Waals surface area contributed by atoms with Gasteiger partial charge in [-0.05, 0) is 50.5 Å². The van der Waals surface area contributed by atoms with E-state index in [1.165, 1.54) is 39.0 Å². The first-order chi connectivity index (χ1) is 16.1. The number of nitrogens with one attached hydrogen (secondary N) is 1. The van der Waals surface area contributed by atoms with E-state index in [4.69, 9.17) is 0 Å². The van der Waals surface area contributed by atoms with Crippen molar-refractivity contribution in [2.45, 2.75) is 57.0 Å². The molecule has 1 aliphatic heterocycles. The number of halogens is 5. The summed E-state index contributed by atoms with van der Waals surface area (Å²) in [6, 6.07) is 2.83. The van der Waals surface area contributed by atoms with Gasteiger partial charge in [0.05, 0.1) is 17.9 Å². The number of rotatable bonds is 8. The van der Waals surface area contributed by atoms with Crippen LogP contribution in [0, 0.1) is 17.5 Å². The minimum atomic E-state index is -4.13. The molecule has 0 bridgehead atoms. The van der Waals surface area contributed by atoms with Crippen molar-refractivity contribution < 1.29 is 40.6 Å². The molecule has 1 heterocycles. The summed E-state index contributed by atoms with van der Waals surface area (Å²) in [5, 5.41) is 20.8. The fourth-order valence-electron chi connectivity index (χ4n) is 4.18. The second kappa shape index (κ2) is 9.74. The van der Waals surface area contributed by atoms with Gasteiger partial charge in [-0.15, -0.1) is 0 Å². The summed E-state index contributed by atoms with van der Waals surface area (Å²) in [6.45, 7) is 2.54. The van der Waals surface area contributed by atoms with Gasteiger partial charge >= 0.3 is 0 Å². The molecule has 194 valence electrons. The van der Waals surface area contributed by atoms with Crippen molar-refractivity contribution in [3.63, 3.8) is 0 Å². The van der Waals surface area contributed by atoms with Crippen LogP contribution in [0.3, 0.4) is 0 Å². The van der Waals surface area contributed by atoms with E-state index < -0.39 is 76.0 Å². The first kappa shape index (κ1) is 27.5. The van der Waals surface area contributed by atoms with E-state index >= 15 is 13.2 Å². The molecular weight excluding hydrogens is 495 g/mol. The Morgan fingerprint density at radius 3 is 2.31 bits per heavy atom. The van der Waals surface area contributed by atoms with E-state index in [1.807, 2.05) is 4.72 Å². The van der Waals surface area contributed by atoms with Crippen LogP contribution in [0.1, 0.15) is 26.3 Å². The Bertz CT molecular complexity index is 1170. The van der Waals surface area contributed by atoms with E-state index in [-0.39, 0.29) is 16.7 Å². The summed E-state index contributed by atoms with van der Waals surface area (Å²) < 4.78 is 99.1. The van der Waals surface area contributed by atoms with Gasteiger partial charge in [-0.2, -0.15) is 0 Å². The number of nitrogens with zero attached hydrogens (tertiary/aromatic N) is 1. The van der Waals surface area contributed by atoms with Crippen LogP contribution < -0.4 is 4.72 Å². The quantitative estimate of drug-likeness (QED) is 0.464. The number of benzene rings is 2. The van der Waals surface area contributed by atoms with Gasteiger partial charge in [0.15, 0.2) is 0 Å². The topological polar surface area (TPSA) is 89.9 Å². The van der Waals surface area contributed by atoms with Gasteiger partial charge in [0.25, 0.3) is 5.92 Å². The van der Waals surface area contributed by atoms with Crippen molar-refractivity contribution in [1.29, 1.82) is 0 Å². The zero-order valence-electron chi connectivity index (χ0n) is 19.3. The highest BCUT2D eigenvalue weighted by molar-refractivity contribution is 7.89. The summed E-state index contributed by atoms with van der Waals surface area (Å²) in [5.74, 6) is -6.97. The van der Waals surface area contributed by atoms with Gasteiger partial charge in [-0.1, -0.05) is 18.2 Å². The van der Waals surface area contributed by atoms with E-state index in [9.17, 15) is 27.4 Å². The summed E-state index contributed by atoms with van der Waals surface area (Å²) in [5.41, 5.74) is -2.32. The predicted octanol–water partition coefficient (Wildman–Crippen LogP) is 3.03. The lowest BCUT2D eigenvalue weighted by atomic mass is 9.94. The smallest absolute Gasteiger partial charge is 0.278 e. The van der Waals surface area contributed by atoms with Crippen LogP contribution in [0.2, 0.25) is 0 Å². The lowest BCUT2D eigenvalue weighted by Gasteiger charge is -2.37. The van der Waals surface area contributed by atoms with Gasteiger partial charge in [-0.3, -0.25) is 4.90 Å². The van der Waals surface area contributed by atoms with Gasteiger partial charge in [0.1, 0.15) is 29.7 Å². The minimum Gasteiger partial charge on any atom is -0.386 e. The lowest BCUT2D eigenvalue weighted by molar-refractivity contribution is -0.141. The Balaban J connectivity index is 2.08. The first-order valence-electron chi connectivity index (χ1n) is 10.8. The molecule has 0 aromatic heterocycles. The number of hydrogen-bond donors (Lipinski definition) is 3. The van der Waals surface area contributed by atoms with Crippen molar-refractivity contribution in [2.24, 2.45) is 0 Å². The second-order valence-corrected chi connectivity index (χ2v) is 11.2. The molecule has 0 radical (unpaired) electrons. The third kappa shape index (κ3) is 6.00. The Morgan fingerprint density at radius 1 is 1.17 bits per heavy atom. The zero-order valence-corrected chi connectivity index (χ0v) is 20.1. The summed E-state index contributed by atoms with van der Waals surface area (Å²) in [4.78, 5) is 0.830. The number of likely N-dealkylation sites (tertiary alicyclic amines) is 1. The molecule has 1 unspecified atom stereocenters. The fourth-order valence-corrected chi connectivity index (χ4v) is 5.06. The molecule has 3 N–H and O–H groups in total. The zero-order chi connectivity index (χ0) is 26.3. The summed E-state index contributed by atoms with van der Waals surface area (Å²) in [7, 11) is -4.13. The first-order valence-corrected chi connectivity index (χ1v) is 12.5. The molecule has 1 saturated heterocycles. The highest BCUT2D eigenvalue weighted by Crippen LogP contribution is 2.38. The standard InChI is InChI=1S/C23H27F5N2O4S/c1-4-35(33,34)29-20-18(30(12-23(20,27)28)21(31)22(2,3)32)10-13-6-5-7-17(19(13)26)14-8-15(24)11-16(25)9-14/h5-9,11,18,20-21,29,31-32H,4,10,12H2,1-3H3/t18-,20+,21?/m0/s1. The molecule has 0 spiro atoms. The molecule has 6 nitrogen and oxygen atoms in total. The second-order valence-electron chi connectivity index (χ2n) is 9.17. The number of aliphatic hydroxyl groups is 2. The molecule has 2 aromatic carbocycles. The maximum absolute atomic E-state index is 15.5. The summed E-state index contributed by atoms with van der Waals surface area (Å²) >= 11 is 0. The van der Waals surface area contributed by atoms with Crippen molar-refractivity contribution in [2.75, 3.05) is 12.3 Å². The van der Waals surface area contributed by atoms with Crippen LogP contribution in [0.15, 0.2) is 36.4 Å². The third-order valence-electron chi connectivity index (χ3n) is 5.97. The number of aliphatic hydroxyl groups excluding tert-OH is 1. The molecule has 3 atom stereocenters. The molecule has 1 aliphatic rings. The van der Waals surface area contributed by atoms with E-state index in [2.05, 4.69) is 0 Å². The Kier molecular flexibility index (Phi) is 7.64. The SMILES string of the molecule is CCS(=O)(=O)N[C@@H]1[C@H](Cc2cccc(-c3cc(F)cc(F)c3)c2F)N(C(O)C(C)(C)O)CC1(F)F. The van der Waals surface area contributed by atoms with Gasteiger partial charge in [0, 0.05) is 17.7 Å². The summed E-state index contributed by atoms with van der Waals surface area (Å²) in [6.07, 6.45) is -2.34. The Morgan fingerprint density at radius 2 is 1.77 bits per heavy atom. The molecule has 12 heteroatoms. The average Bonchev–Trinajstić information content (AvgIpc) is 2.97. The normalized spacial score (nSPS) is 21.9. The number of hydrogen-bond acceptors (Lipinski definition) is 5. The average molecular weight is 523 g/mol. The van der Waals surface area contributed by atoms with Crippen molar-refractivity contribution in [3.05, 3.63) is 59.4 Å². The van der Waals surface area contributed by atoms with E-state index in [1.54, 1.807) is 0 Å². The largest absolute Gasteiger partial charge is 0.386 e. The maximum atomic E-state index is 15.5. The van der Waals surface area contributed by atoms with Crippen molar-refractivity contribution in [3.8, 4) is 11.1 Å². The van der Waals surface area contributed by atoms with Gasteiger partial charge in [0.2, 0.25) is 10.0 Å². The van der Waals surface area contributed by atoms with Crippen LogP contribution in [0.25, 0.3) is 11.1 Å². The van der Waals surface area contributed by atoms with Crippen molar-refractivity contribution in [1.82, 2.24) is 9.62 Å². The van der Waals surface area contributed by atoms with Gasteiger partial charge in [-0.25, -0.2) is 35.1 Å². The monoisotopic (exact) mass is 522 g/mol. The molecule has 0 amide bonds. The van der Waals surface area contributed by atoms with Crippen LogP contribution in [0.5, 0.6) is 0 Å². The van der Waals surface area contributed by atoms with Crippen LogP contribution in [0.4, 0.5) is 22.0 Å². The molecule has 2 aromatic rings. The minimum absolute atomic E-state index is 0.116. The van der Waals surface area contributed by atoms with Crippen molar-refractivity contribution >= 4 is 10.0 Å². The molecule has 0 aliphatic carbocycles.